The molecule has 0 radical (unpaired) electrons. The smallest absolute Gasteiger partial charge is 0.185 e. The number of thiazole rings is 1. The fourth-order valence-electron chi connectivity index (χ4n) is 1.83. The molecule has 0 aromatic carbocycles. The Morgan fingerprint density at radius 3 is 2.95 bits per heavy atom. The highest BCUT2D eigenvalue weighted by Crippen LogP contribution is 2.28. The van der Waals surface area contributed by atoms with Crippen molar-refractivity contribution >= 4 is 43.7 Å². The minimum atomic E-state index is 0.375. The average molecular weight is 360 g/mol. The van der Waals surface area contributed by atoms with E-state index < -0.39 is 0 Å². The van der Waals surface area contributed by atoms with Crippen molar-refractivity contribution < 1.29 is 0 Å². The van der Waals surface area contributed by atoms with E-state index in [4.69, 9.17) is 0 Å². The molecule has 0 aliphatic carbocycles. The molecule has 0 aliphatic rings. The van der Waals surface area contributed by atoms with Crippen LogP contribution < -0.4 is 10.2 Å². The quantitative estimate of drug-likeness (QED) is 0.834. The topological polar surface area (TPSA) is 28.2 Å². The first-order valence-corrected chi connectivity index (χ1v) is 8.72. The van der Waals surface area contributed by atoms with E-state index in [1.54, 1.807) is 22.7 Å². The lowest BCUT2D eigenvalue weighted by molar-refractivity contribution is 0.606. The average Bonchev–Trinajstić information content (AvgIpc) is 2.98. The molecule has 1 N–H and O–H groups in total. The van der Waals surface area contributed by atoms with Crippen molar-refractivity contribution in [3.63, 3.8) is 0 Å². The molecule has 2 rings (SSSR count). The van der Waals surface area contributed by atoms with Crippen molar-refractivity contribution in [3.05, 3.63) is 31.9 Å². The van der Waals surface area contributed by atoms with E-state index in [9.17, 15) is 0 Å². The zero-order valence-corrected chi connectivity index (χ0v) is 14.5. The summed E-state index contributed by atoms with van der Waals surface area (Å²) in [5.74, 6) is 0. The summed E-state index contributed by atoms with van der Waals surface area (Å²) in [6.45, 7) is 6.17. The summed E-state index contributed by atoms with van der Waals surface area (Å²) in [5, 5.41) is 6.66. The van der Waals surface area contributed by atoms with Crippen LogP contribution >= 0.6 is 38.6 Å². The van der Waals surface area contributed by atoms with E-state index in [0.717, 1.165) is 18.2 Å². The molecule has 0 saturated carbocycles. The van der Waals surface area contributed by atoms with Gasteiger partial charge in [-0.25, -0.2) is 4.98 Å². The van der Waals surface area contributed by atoms with E-state index in [2.05, 4.69) is 63.5 Å². The number of aromatic nitrogens is 1. The van der Waals surface area contributed by atoms with Crippen LogP contribution in [0, 0.1) is 0 Å². The Morgan fingerprint density at radius 1 is 1.53 bits per heavy atom. The van der Waals surface area contributed by atoms with E-state index >= 15 is 0 Å². The lowest BCUT2D eigenvalue weighted by atomic mass is 10.3. The Hall–Kier alpha value is -0.430. The largest absolute Gasteiger partial charge is 0.347 e. The predicted octanol–water partition coefficient (Wildman–Crippen LogP) is 4.27. The molecule has 0 aliphatic heterocycles. The molecule has 104 valence electrons. The normalized spacial score (nSPS) is 12.6. The standard InChI is InChI=1S/C13H18BrN3S2/c1-4-15-9(2)11-6-16-13(19-11)17(3)7-10-5-12(14)18-8-10/h5-6,8-9,15H,4,7H2,1-3H3. The van der Waals surface area contributed by atoms with Crippen LogP contribution in [0.1, 0.15) is 30.3 Å². The van der Waals surface area contributed by atoms with Gasteiger partial charge in [-0.2, -0.15) is 0 Å². The van der Waals surface area contributed by atoms with Gasteiger partial charge >= 0.3 is 0 Å². The lowest BCUT2D eigenvalue weighted by Crippen LogP contribution is -2.16. The minimum absolute atomic E-state index is 0.375. The van der Waals surface area contributed by atoms with Crippen molar-refractivity contribution in [1.29, 1.82) is 0 Å². The van der Waals surface area contributed by atoms with Crippen molar-refractivity contribution in [3.8, 4) is 0 Å². The van der Waals surface area contributed by atoms with Gasteiger partial charge in [-0.15, -0.1) is 22.7 Å². The Labute approximate surface area is 130 Å². The summed E-state index contributed by atoms with van der Waals surface area (Å²) < 4.78 is 1.18. The van der Waals surface area contributed by atoms with E-state index in [0.29, 0.717) is 6.04 Å². The van der Waals surface area contributed by atoms with Crippen molar-refractivity contribution in [2.45, 2.75) is 26.4 Å². The van der Waals surface area contributed by atoms with Gasteiger partial charge in [-0.05, 0) is 46.4 Å². The van der Waals surface area contributed by atoms with Gasteiger partial charge in [0.15, 0.2) is 5.13 Å². The number of nitrogens with zero attached hydrogens (tertiary/aromatic N) is 2. The van der Waals surface area contributed by atoms with Gasteiger partial charge in [0.1, 0.15) is 0 Å². The molecule has 2 aromatic rings. The first-order chi connectivity index (χ1) is 9.10. The molecular formula is C13H18BrN3S2. The van der Waals surface area contributed by atoms with Crippen LogP contribution in [0.3, 0.4) is 0 Å². The van der Waals surface area contributed by atoms with Gasteiger partial charge in [0, 0.05) is 30.7 Å². The molecule has 0 spiro atoms. The van der Waals surface area contributed by atoms with Crippen molar-refractivity contribution in [1.82, 2.24) is 10.3 Å². The summed E-state index contributed by atoms with van der Waals surface area (Å²) in [6, 6.07) is 2.54. The zero-order valence-electron chi connectivity index (χ0n) is 11.3. The SMILES string of the molecule is CCNC(C)c1cnc(N(C)Cc2csc(Br)c2)s1. The zero-order chi connectivity index (χ0) is 13.8. The van der Waals surface area contributed by atoms with Gasteiger partial charge in [-0.3, -0.25) is 0 Å². The third-order valence-electron chi connectivity index (χ3n) is 2.82. The fraction of sp³-hybridized carbons (Fsp3) is 0.462. The summed E-state index contributed by atoms with van der Waals surface area (Å²) in [6.07, 6.45) is 1.98. The number of halogens is 1. The monoisotopic (exact) mass is 359 g/mol. The van der Waals surface area contributed by atoms with Crippen LogP contribution in [0.25, 0.3) is 0 Å². The van der Waals surface area contributed by atoms with Crippen LogP contribution in [0.5, 0.6) is 0 Å². The Kier molecular flexibility index (Phi) is 5.38. The van der Waals surface area contributed by atoms with E-state index in [1.165, 1.54) is 14.2 Å². The van der Waals surface area contributed by atoms with Gasteiger partial charge < -0.3 is 10.2 Å². The molecule has 3 nitrogen and oxygen atoms in total. The predicted molar refractivity (Wildman–Crippen MR) is 88.3 cm³/mol. The second kappa shape index (κ2) is 6.83. The van der Waals surface area contributed by atoms with Gasteiger partial charge in [0.2, 0.25) is 0 Å². The first kappa shape index (κ1) is 15.0. The van der Waals surface area contributed by atoms with Crippen LogP contribution in [-0.4, -0.2) is 18.6 Å². The van der Waals surface area contributed by atoms with E-state index in [-0.39, 0.29) is 0 Å². The maximum Gasteiger partial charge on any atom is 0.185 e. The number of nitrogens with one attached hydrogen (secondary N) is 1. The van der Waals surface area contributed by atoms with E-state index in [1.807, 2.05) is 6.20 Å². The molecule has 1 unspecified atom stereocenters. The molecule has 0 saturated heterocycles. The molecule has 0 bridgehead atoms. The van der Waals surface area contributed by atoms with Crippen LogP contribution in [0.15, 0.2) is 21.4 Å². The van der Waals surface area contributed by atoms with Crippen molar-refractivity contribution in [2.75, 3.05) is 18.5 Å². The molecule has 0 fully saturated rings. The number of hydrogen-bond acceptors (Lipinski definition) is 5. The molecule has 1 atom stereocenters. The second-order valence-electron chi connectivity index (χ2n) is 4.44. The van der Waals surface area contributed by atoms with Gasteiger partial charge in [0.25, 0.3) is 0 Å². The second-order valence-corrected chi connectivity index (χ2v) is 7.77. The van der Waals surface area contributed by atoms with Gasteiger partial charge in [0.05, 0.1) is 3.79 Å². The van der Waals surface area contributed by atoms with Crippen LogP contribution in [0.4, 0.5) is 5.13 Å². The summed E-state index contributed by atoms with van der Waals surface area (Å²) in [4.78, 5) is 8.00. The molecule has 6 heteroatoms. The fourth-order valence-corrected chi connectivity index (χ4v) is 3.93. The highest BCUT2D eigenvalue weighted by Gasteiger charge is 2.12. The summed E-state index contributed by atoms with van der Waals surface area (Å²) >= 11 is 6.98. The number of hydrogen-bond donors (Lipinski definition) is 1. The molecular weight excluding hydrogens is 342 g/mol. The third-order valence-corrected chi connectivity index (χ3v) is 5.66. The molecule has 2 aromatic heterocycles. The third kappa shape index (κ3) is 4.02. The highest BCUT2D eigenvalue weighted by molar-refractivity contribution is 9.11. The van der Waals surface area contributed by atoms with Crippen LogP contribution in [-0.2, 0) is 6.54 Å². The number of thiophene rings is 1. The lowest BCUT2D eigenvalue weighted by Gasteiger charge is -2.14. The van der Waals surface area contributed by atoms with Crippen molar-refractivity contribution in [2.24, 2.45) is 0 Å². The minimum Gasteiger partial charge on any atom is -0.347 e. The maximum absolute atomic E-state index is 4.52. The molecule has 2 heterocycles. The maximum atomic E-state index is 4.52. The molecule has 0 amide bonds. The van der Waals surface area contributed by atoms with Crippen LogP contribution in [0.2, 0.25) is 0 Å². The summed E-state index contributed by atoms with van der Waals surface area (Å²) in [7, 11) is 2.09. The highest BCUT2D eigenvalue weighted by atomic mass is 79.9. The Morgan fingerprint density at radius 2 is 2.32 bits per heavy atom. The Bertz CT molecular complexity index is 523. The first-order valence-electron chi connectivity index (χ1n) is 6.23. The summed E-state index contributed by atoms with van der Waals surface area (Å²) in [5.41, 5.74) is 1.32. The molecule has 19 heavy (non-hydrogen) atoms. The number of anilines is 1. The number of rotatable bonds is 6. The van der Waals surface area contributed by atoms with Gasteiger partial charge in [-0.1, -0.05) is 6.92 Å². The Balaban J connectivity index is 2.01.